The van der Waals surface area contributed by atoms with E-state index >= 15 is 0 Å². The number of hydrogen-bond donors (Lipinski definition) is 2. The lowest BCUT2D eigenvalue weighted by Gasteiger charge is -2.05. The Labute approximate surface area is 103 Å². The minimum Gasteiger partial charge on any atom is -0.478 e. The molecule has 5 nitrogen and oxygen atoms in total. The highest BCUT2D eigenvalue weighted by molar-refractivity contribution is 6.06. The van der Waals surface area contributed by atoms with Gasteiger partial charge in [-0.1, -0.05) is 18.2 Å². The Kier molecular flexibility index (Phi) is 3.33. The minimum atomic E-state index is -1.17. The molecule has 90 valence electrons. The van der Waals surface area contributed by atoms with E-state index in [2.05, 4.69) is 10.3 Å². The summed E-state index contributed by atoms with van der Waals surface area (Å²) in [7, 11) is 0. The summed E-state index contributed by atoms with van der Waals surface area (Å²) in [4.78, 5) is 25.9. The van der Waals surface area contributed by atoms with Crippen LogP contribution in [0.4, 0.5) is 5.69 Å². The number of nitrogens with zero attached hydrogens (tertiary/aromatic N) is 1. The number of pyridine rings is 1. The number of benzene rings is 1. The summed E-state index contributed by atoms with van der Waals surface area (Å²) in [5, 5.41) is 11.9. The molecule has 1 aromatic carbocycles. The molecular weight excluding hydrogens is 232 g/mol. The summed E-state index contributed by atoms with van der Waals surface area (Å²) < 4.78 is 0. The summed E-state index contributed by atoms with van der Waals surface area (Å²) >= 11 is 0. The van der Waals surface area contributed by atoms with Crippen LogP contribution in [0.3, 0.4) is 0 Å². The number of hydrogen-bond acceptors (Lipinski definition) is 3. The fraction of sp³-hybridized carbons (Fsp3) is 0. The number of nitrogens with one attached hydrogen (secondary N) is 1. The summed E-state index contributed by atoms with van der Waals surface area (Å²) in [5.41, 5.74) is 1.21. The van der Waals surface area contributed by atoms with Gasteiger partial charge < -0.3 is 10.4 Å². The summed E-state index contributed by atoms with van der Waals surface area (Å²) in [6.07, 6.45) is 3.38. The molecule has 0 saturated carbocycles. The minimum absolute atomic E-state index is 0.504. The summed E-state index contributed by atoms with van der Waals surface area (Å²) in [6, 6.07) is 9.07. The van der Waals surface area contributed by atoms with E-state index in [1.54, 1.807) is 24.4 Å². The molecule has 0 unspecified atom stereocenters. The van der Waals surface area contributed by atoms with Crippen molar-refractivity contribution in [2.45, 2.75) is 0 Å². The molecule has 0 aliphatic carbocycles. The Morgan fingerprint density at radius 1 is 1.17 bits per heavy atom. The predicted octanol–water partition coefficient (Wildman–Crippen LogP) is 1.81. The maximum Gasteiger partial charge on any atom is 0.328 e. The molecule has 0 atom stereocenters. The Balaban J connectivity index is 2.27. The molecule has 0 bridgehead atoms. The molecule has 0 aliphatic rings. The number of rotatable bonds is 3. The SMILES string of the molecule is O=C(O)/C=C/C(=O)Nc1cccc2cccnc12. The van der Waals surface area contributed by atoms with Gasteiger partial charge in [-0.15, -0.1) is 0 Å². The number of carboxylic acids is 1. The van der Waals surface area contributed by atoms with Crippen molar-refractivity contribution in [2.24, 2.45) is 0 Å². The summed E-state index contributed by atoms with van der Waals surface area (Å²) in [6.45, 7) is 0. The Morgan fingerprint density at radius 3 is 2.72 bits per heavy atom. The van der Waals surface area contributed by atoms with Gasteiger partial charge in [0.05, 0.1) is 11.2 Å². The molecule has 2 rings (SSSR count). The van der Waals surface area contributed by atoms with Crippen molar-refractivity contribution in [3.8, 4) is 0 Å². The molecular formula is C13H10N2O3. The van der Waals surface area contributed by atoms with E-state index in [0.29, 0.717) is 11.2 Å². The topological polar surface area (TPSA) is 79.3 Å². The second-order valence-electron chi connectivity index (χ2n) is 3.54. The van der Waals surface area contributed by atoms with E-state index in [9.17, 15) is 9.59 Å². The second-order valence-corrected chi connectivity index (χ2v) is 3.54. The van der Waals surface area contributed by atoms with E-state index in [0.717, 1.165) is 17.5 Å². The van der Waals surface area contributed by atoms with E-state index in [4.69, 9.17) is 5.11 Å². The van der Waals surface area contributed by atoms with Gasteiger partial charge in [-0.25, -0.2) is 4.79 Å². The molecule has 0 fully saturated rings. The number of aliphatic carboxylic acids is 1. The van der Waals surface area contributed by atoms with Gasteiger partial charge in [0, 0.05) is 23.7 Å². The first kappa shape index (κ1) is 11.8. The molecule has 0 aliphatic heterocycles. The molecule has 1 aromatic heterocycles. The van der Waals surface area contributed by atoms with Crippen LogP contribution in [0.25, 0.3) is 10.9 Å². The van der Waals surface area contributed by atoms with Crippen LogP contribution >= 0.6 is 0 Å². The van der Waals surface area contributed by atoms with Crippen LogP contribution in [0.5, 0.6) is 0 Å². The molecule has 0 saturated heterocycles. The smallest absolute Gasteiger partial charge is 0.328 e. The fourth-order valence-corrected chi connectivity index (χ4v) is 1.53. The number of anilines is 1. The Bertz CT molecular complexity index is 630. The van der Waals surface area contributed by atoms with E-state index < -0.39 is 11.9 Å². The molecule has 18 heavy (non-hydrogen) atoms. The predicted molar refractivity (Wildman–Crippen MR) is 67.1 cm³/mol. The zero-order chi connectivity index (χ0) is 13.0. The van der Waals surface area contributed by atoms with Gasteiger partial charge in [-0.3, -0.25) is 9.78 Å². The fourth-order valence-electron chi connectivity index (χ4n) is 1.53. The van der Waals surface area contributed by atoms with Crippen LogP contribution in [0.2, 0.25) is 0 Å². The van der Waals surface area contributed by atoms with Crippen LogP contribution in [0.15, 0.2) is 48.7 Å². The van der Waals surface area contributed by atoms with Crippen LogP contribution in [0.1, 0.15) is 0 Å². The molecule has 2 N–H and O–H groups in total. The molecule has 5 heteroatoms. The first-order valence-corrected chi connectivity index (χ1v) is 5.22. The van der Waals surface area contributed by atoms with Gasteiger partial charge in [-0.05, 0) is 12.1 Å². The lowest BCUT2D eigenvalue weighted by atomic mass is 10.2. The van der Waals surface area contributed by atoms with Crippen molar-refractivity contribution in [1.29, 1.82) is 0 Å². The third-order valence-electron chi connectivity index (χ3n) is 2.27. The van der Waals surface area contributed by atoms with Gasteiger partial charge >= 0.3 is 5.97 Å². The quantitative estimate of drug-likeness (QED) is 0.804. The lowest BCUT2D eigenvalue weighted by Crippen LogP contribution is -2.09. The van der Waals surface area contributed by atoms with E-state index in [-0.39, 0.29) is 0 Å². The average Bonchev–Trinajstić information content (AvgIpc) is 2.37. The Morgan fingerprint density at radius 2 is 1.94 bits per heavy atom. The number of carbonyl (C=O) groups excluding carboxylic acids is 1. The first-order valence-electron chi connectivity index (χ1n) is 5.22. The summed E-state index contributed by atoms with van der Waals surface area (Å²) in [5.74, 6) is -1.67. The molecule has 0 spiro atoms. The molecule has 1 heterocycles. The zero-order valence-electron chi connectivity index (χ0n) is 9.33. The van der Waals surface area contributed by atoms with Crippen LogP contribution in [-0.2, 0) is 9.59 Å². The van der Waals surface area contributed by atoms with Crippen LogP contribution in [0, 0.1) is 0 Å². The molecule has 0 radical (unpaired) electrons. The van der Waals surface area contributed by atoms with Gasteiger partial charge in [0.15, 0.2) is 0 Å². The highest BCUT2D eigenvalue weighted by atomic mass is 16.4. The largest absolute Gasteiger partial charge is 0.478 e. The van der Waals surface area contributed by atoms with Crippen molar-refractivity contribution in [3.63, 3.8) is 0 Å². The van der Waals surface area contributed by atoms with Crippen LogP contribution < -0.4 is 5.32 Å². The van der Waals surface area contributed by atoms with Gasteiger partial charge in [0.2, 0.25) is 5.91 Å². The van der Waals surface area contributed by atoms with Crippen molar-refractivity contribution in [3.05, 3.63) is 48.7 Å². The highest BCUT2D eigenvalue weighted by Gasteiger charge is 2.04. The van der Waals surface area contributed by atoms with Crippen molar-refractivity contribution >= 4 is 28.5 Å². The first-order chi connectivity index (χ1) is 8.66. The number of para-hydroxylation sites is 1. The molecule has 1 amide bonds. The van der Waals surface area contributed by atoms with Crippen molar-refractivity contribution in [1.82, 2.24) is 4.98 Å². The maximum absolute atomic E-state index is 11.5. The molecule has 2 aromatic rings. The standard InChI is InChI=1S/C13H10N2O3/c16-11(6-7-12(17)18)15-10-5-1-3-9-4-2-8-14-13(9)10/h1-8H,(H,15,16)(H,17,18)/b7-6+. The van der Waals surface area contributed by atoms with E-state index in [1.165, 1.54) is 0 Å². The number of aromatic nitrogens is 1. The van der Waals surface area contributed by atoms with Gasteiger partial charge in [0.25, 0.3) is 0 Å². The average molecular weight is 242 g/mol. The van der Waals surface area contributed by atoms with Crippen molar-refractivity contribution < 1.29 is 14.7 Å². The highest BCUT2D eigenvalue weighted by Crippen LogP contribution is 2.20. The monoisotopic (exact) mass is 242 g/mol. The maximum atomic E-state index is 11.5. The third-order valence-corrected chi connectivity index (χ3v) is 2.27. The number of carbonyl (C=O) groups is 2. The number of amides is 1. The Hall–Kier alpha value is -2.69. The van der Waals surface area contributed by atoms with Gasteiger partial charge in [0.1, 0.15) is 0 Å². The third kappa shape index (κ3) is 2.70. The zero-order valence-corrected chi connectivity index (χ0v) is 9.33. The van der Waals surface area contributed by atoms with E-state index in [1.807, 2.05) is 12.1 Å². The second kappa shape index (κ2) is 5.09. The van der Waals surface area contributed by atoms with Crippen LogP contribution in [-0.4, -0.2) is 22.0 Å². The number of carboxylic acid groups (broad SMARTS) is 1. The van der Waals surface area contributed by atoms with Crippen molar-refractivity contribution in [2.75, 3.05) is 5.32 Å². The lowest BCUT2D eigenvalue weighted by molar-refractivity contribution is -0.131. The van der Waals surface area contributed by atoms with Gasteiger partial charge in [-0.2, -0.15) is 0 Å². The number of fused-ring (bicyclic) bond motifs is 1. The normalized spacial score (nSPS) is 10.7.